The lowest BCUT2D eigenvalue weighted by molar-refractivity contribution is 0.0944. The van der Waals surface area contributed by atoms with Gasteiger partial charge in [0.15, 0.2) is 5.69 Å². The zero-order valence-electron chi connectivity index (χ0n) is 20.3. The summed E-state index contributed by atoms with van der Waals surface area (Å²) in [7, 11) is 1.92. The van der Waals surface area contributed by atoms with E-state index < -0.39 is 0 Å². The highest BCUT2D eigenvalue weighted by atomic mass is 19.1. The van der Waals surface area contributed by atoms with Gasteiger partial charge in [0.05, 0.1) is 0 Å². The van der Waals surface area contributed by atoms with Crippen LogP contribution in [-0.2, 0) is 33.0 Å². The predicted molar refractivity (Wildman–Crippen MR) is 134 cm³/mol. The third-order valence-electron chi connectivity index (χ3n) is 7.34. The molecule has 2 aliphatic rings. The Morgan fingerprint density at radius 1 is 1.00 bits per heavy atom. The minimum absolute atomic E-state index is 0.166. The molecule has 0 spiro atoms. The summed E-state index contributed by atoms with van der Waals surface area (Å²) < 4.78 is 15.0. The number of hydrogen-bond acceptors (Lipinski definition) is 4. The molecular weight excluding hydrogens is 441 g/mol. The molecule has 1 aromatic heterocycles. The van der Waals surface area contributed by atoms with Crippen molar-refractivity contribution in [2.75, 3.05) is 13.1 Å². The number of nitrogens with one attached hydrogen (secondary N) is 2. The van der Waals surface area contributed by atoms with Crippen LogP contribution in [0.5, 0.6) is 0 Å². The van der Waals surface area contributed by atoms with E-state index in [1.165, 1.54) is 17.7 Å². The van der Waals surface area contributed by atoms with Crippen molar-refractivity contribution in [3.63, 3.8) is 0 Å². The van der Waals surface area contributed by atoms with Crippen LogP contribution in [0.15, 0.2) is 54.6 Å². The van der Waals surface area contributed by atoms with Gasteiger partial charge in [-0.25, -0.2) is 4.39 Å². The molecule has 184 valence electrons. The first-order valence-electron chi connectivity index (χ1n) is 12.6. The van der Waals surface area contributed by atoms with Crippen LogP contribution < -0.4 is 10.6 Å². The van der Waals surface area contributed by atoms with E-state index >= 15 is 0 Å². The molecule has 2 aromatic carbocycles. The van der Waals surface area contributed by atoms with Crippen molar-refractivity contribution in [2.45, 2.75) is 57.3 Å². The van der Waals surface area contributed by atoms with E-state index in [1.54, 1.807) is 12.1 Å². The maximum Gasteiger partial charge on any atom is 0.272 e. The zero-order valence-corrected chi connectivity index (χ0v) is 20.3. The van der Waals surface area contributed by atoms with Crippen LogP contribution >= 0.6 is 0 Å². The van der Waals surface area contributed by atoms with Crippen molar-refractivity contribution >= 4 is 5.91 Å². The van der Waals surface area contributed by atoms with Crippen LogP contribution in [0.1, 0.15) is 52.1 Å². The van der Waals surface area contributed by atoms with Crippen molar-refractivity contribution < 1.29 is 9.18 Å². The highest BCUT2D eigenvalue weighted by molar-refractivity contribution is 5.94. The lowest BCUT2D eigenvalue weighted by Gasteiger charge is -2.35. The van der Waals surface area contributed by atoms with Gasteiger partial charge in [-0.15, -0.1) is 0 Å². The molecule has 6 nitrogen and oxygen atoms in total. The van der Waals surface area contributed by atoms with Crippen LogP contribution in [-0.4, -0.2) is 45.8 Å². The fourth-order valence-electron chi connectivity index (χ4n) is 5.42. The van der Waals surface area contributed by atoms with E-state index in [9.17, 15) is 9.18 Å². The van der Waals surface area contributed by atoms with Crippen LogP contribution in [0, 0.1) is 5.82 Å². The Bertz CT molecular complexity index is 1140. The van der Waals surface area contributed by atoms with Gasteiger partial charge in [0.1, 0.15) is 5.82 Å². The summed E-state index contributed by atoms with van der Waals surface area (Å²) in [6.07, 6.45) is 5.11. The minimum Gasteiger partial charge on any atom is -0.347 e. The fourth-order valence-corrected chi connectivity index (χ4v) is 5.42. The van der Waals surface area contributed by atoms with E-state index in [1.807, 2.05) is 11.7 Å². The average Bonchev–Trinajstić information content (AvgIpc) is 3.21. The summed E-state index contributed by atoms with van der Waals surface area (Å²) in [6, 6.07) is 17.8. The number of aromatic nitrogens is 2. The molecule has 1 saturated heterocycles. The lowest BCUT2D eigenvalue weighted by Crippen LogP contribution is -2.47. The second kappa shape index (κ2) is 10.7. The smallest absolute Gasteiger partial charge is 0.272 e. The largest absolute Gasteiger partial charge is 0.347 e. The number of likely N-dealkylation sites (tertiary alicyclic amines) is 1. The Morgan fingerprint density at radius 2 is 1.74 bits per heavy atom. The summed E-state index contributed by atoms with van der Waals surface area (Å²) in [5.74, 6) is -0.444. The van der Waals surface area contributed by atoms with E-state index in [4.69, 9.17) is 0 Å². The molecule has 7 heteroatoms. The molecule has 2 N–H and O–H groups in total. The molecular formula is C28H34FN5O. The Labute approximate surface area is 206 Å². The molecule has 1 amide bonds. The minimum atomic E-state index is -0.278. The van der Waals surface area contributed by atoms with Crippen molar-refractivity contribution in [1.82, 2.24) is 25.3 Å². The second-order valence-corrected chi connectivity index (χ2v) is 9.85. The van der Waals surface area contributed by atoms with Crippen molar-refractivity contribution in [1.29, 1.82) is 0 Å². The number of aryl methyl sites for hydroxylation is 1. The van der Waals surface area contributed by atoms with Gasteiger partial charge in [-0.2, -0.15) is 5.10 Å². The molecule has 35 heavy (non-hydrogen) atoms. The molecule has 1 atom stereocenters. The van der Waals surface area contributed by atoms with Crippen LogP contribution in [0.4, 0.5) is 4.39 Å². The van der Waals surface area contributed by atoms with Crippen molar-refractivity contribution in [3.8, 4) is 0 Å². The maximum absolute atomic E-state index is 13.1. The first-order valence-corrected chi connectivity index (χ1v) is 12.6. The van der Waals surface area contributed by atoms with Gasteiger partial charge in [-0.3, -0.25) is 14.4 Å². The van der Waals surface area contributed by atoms with Gasteiger partial charge in [-0.1, -0.05) is 42.5 Å². The fraction of sp³-hybridized carbons (Fsp3) is 0.429. The molecule has 1 unspecified atom stereocenters. The Morgan fingerprint density at radius 3 is 2.49 bits per heavy atom. The molecule has 0 bridgehead atoms. The normalized spacial score (nSPS) is 18.9. The quantitative estimate of drug-likeness (QED) is 0.548. The molecule has 1 aliphatic heterocycles. The van der Waals surface area contributed by atoms with Crippen LogP contribution in [0.3, 0.4) is 0 Å². The van der Waals surface area contributed by atoms with Crippen LogP contribution in [0.2, 0.25) is 0 Å². The maximum atomic E-state index is 13.1. The number of hydrogen-bond donors (Lipinski definition) is 2. The predicted octanol–water partition coefficient (Wildman–Crippen LogP) is 3.60. The van der Waals surface area contributed by atoms with E-state index in [-0.39, 0.29) is 11.7 Å². The third kappa shape index (κ3) is 5.80. The average molecular weight is 476 g/mol. The SMILES string of the molecule is Cn1nc(C(=O)NCc2ccc(F)cc2)c2c1CCC(NC1CCN(Cc3ccccc3)CC1)C2. The zero-order chi connectivity index (χ0) is 24.2. The lowest BCUT2D eigenvalue weighted by atomic mass is 9.90. The van der Waals surface area contributed by atoms with Gasteiger partial charge >= 0.3 is 0 Å². The number of carbonyl (C=O) groups excluding carboxylic acids is 1. The Balaban J connectivity index is 1.15. The standard InChI is InChI=1S/C28H34FN5O/c1-33-26-12-11-24(31-23-13-15-34(16-14-23)19-21-5-3-2-4-6-21)17-25(26)27(32-33)28(35)30-18-20-7-9-22(29)10-8-20/h2-10,23-24,31H,11-19H2,1H3,(H,30,35). The molecule has 5 rings (SSSR count). The number of halogens is 1. The molecule has 2 heterocycles. The van der Waals surface area contributed by atoms with Gasteiger partial charge in [0.25, 0.3) is 5.91 Å². The summed E-state index contributed by atoms with van der Waals surface area (Å²) >= 11 is 0. The third-order valence-corrected chi connectivity index (χ3v) is 7.34. The molecule has 3 aromatic rings. The number of nitrogens with zero attached hydrogens (tertiary/aromatic N) is 3. The molecule has 1 fully saturated rings. The summed E-state index contributed by atoms with van der Waals surface area (Å²) in [4.78, 5) is 15.5. The Hall–Kier alpha value is -3.03. The second-order valence-electron chi connectivity index (χ2n) is 9.85. The van der Waals surface area contributed by atoms with E-state index in [2.05, 4.69) is 51.0 Å². The number of carbonyl (C=O) groups is 1. The summed E-state index contributed by atoms with van der Waals surface area (Å²) in [5, 5.41) is 11.4. The summed E-state index contributed by atoms with van der Waals surface area (Å²) in [5.41, 5.74) is 4.99. The van der Waals surface area contributed by atoms with E-state index in [0.29, 0.717) is 24.3 Å². The summed E-state index contributed by atoms with van der Waals surface area (Å²) in [6.45, 7) is 3.59. The van der Waals surface area contributed by atoms with E-state index in [0.717, 1.165) is 68.6 Å². The highest BCUT2D eigenvalue weighted by Crippen LogP contribution is 2.26. The molecule has 0 radical (unpaired) electrons. The molecule has 1 aliphatic carbocycles. The van der Waals surface area contributed by atoms with Crippen molar-refractivity contribution in [2.24, 2.45) is 7.05 Å². The first-order chi connectivity index (χ1) is 17.0. The van der Waals surface area contributed by atoms with Crippen molar-refractivity contribution in [3.05, 3.63) is 88.5 Å². The number of benzene rings is 2. The number of piperidine rings is 1. The first kappa shape index (κ1) is 23.7. The van der Waals surface area contributed by atoms with Gasteiger partial charge in [0.2, 0.25) is 0 Å². The van der Waals surface area contributed by atoms with Crippen LogP contribution in [0.25, 0.3) is 0 Å². The van der Waals surface area contributed by atoms with Gasteiger partial charge in [0, 0.05) is 43.5 Å². The Kier molecular flexibility index (Phi) is 7.25. The number of amides is 1. The monoisotopic (exact) mass is 475 g/mol. The number of fused-ring (bicyclic) bond motifs is 1. The topological polar surface area (TPSA) is 62.2 Å². The molecule has 0 saturated carbocycles. The van der Waals surface area contributed by atoms with Gasteiger partial charge in [-0.05, 0) is 68.5 Å². The number of rotatable bonds is 7. The van der Waals surface area contributed by atoms with Gasteiger partial charge < -0.3 is 10.6 Å². The highest BCUT2D eigenvalue weighted by Gasteiger charge is 2.30.